The molecule has 0 aromatic heterocycles. The molecule has 27 heavy (non-hydrogen) atoms. The van der Waals surface area contributed by atoms with Gasteiger partial charge >= 0.3 is 6.11 Å². The first-order valence-electron chi connectivity index (χ1n) is 9.34. The Bertz CT molecular complexity index is 647. The molecule has 1 fully saturated rings. The number of benzene rings is 1. The number of hydrogen-bond donors (Lipinski definition) is 0. The van der Waals surface area contributed by atoms with Crippen LogP contribution in [0.25, 0.3) is 0 Å². The van der Waals surface area contributed by atoms with Crippen molar-refractivity contribution < 1.29 is 18.3 Å². The third kappa shape index (κ3) is 6.61. The van der Waals surface area contributed by atoms with E-state index in [1.54, 1.807) is 14.1 Å². The molecule has 7 heteroatoms. The number of halogens is 3. The van der Waals surface area contributed by atoms with E-state index in [9.17, 15) is 13.6 Å². The van der Waals surface area contributed by atoms with E-state index in [1.165, 1.54) is 23.1 Å². The number of ether oxygens (including phenoxy) is 1. The van der Waals surface area contributed by atoms with E-state index in [0.717, 1.165) is 32.4 Å². The molecule has 0 radical (unpaired) electrons. The lowest BCUT2D eigenvalue weighted by Gasteiger charge is -2.31. The minimum Gasteiger partial charge on any atom is -0.433 e. The van der Waals surface area contributed by atoms with Gasteiger partial charge in [0.2, 0.25) is 0 Å². The second-order valence-electron chi connectivity index (χ2n) is 7.87. The van der Waals surface area contributed by atoms with E-state index in [0.29, 0.717) is 5.92 Å². The predicted octanol–water partition coefficient (Wildman–Crippen LogP) is 4.77. The van der Waals surface area contributed by atoms with Crippen molar-refractivity contribution in [2.75, 3.05) is 34.2 Å². The average molecular weight is 403 g/mol. The van der Waals surface area contributed by atoms with Crippen molar-refractivity contribution in [3.05, 3.63) is 28.8 Å². The molecule has 0 aliphatic carbocycles. The first-order valence-corrected chi connectivity index (χ1v) is 9.72. The lowest BCUT2D eigenvalue weighted by Crippen LogP contribution is -2.32. The molecule has 152 valence electrons. The first-order chi connectivity index (χ1) is 12.6. The highest BCUT2D eigenvalue weighted by Crippen LogP contribution is 2.34. The molecule has 2 rings (SSSR count). The number of nitrogens with zero attached hydrogens (tertiary/aromatic N) is 2. The van der Waals surface area contributed by atoms with Gasteiger partial charge in [-0.05, 0) is 69.4 Å². The van der Waals surface area contributed by atoms with Gasteiger partial charge in [-0.3, -0.25) is 4.79 Å². The summed E-state index contributed by atoms with van der Waals surface area (Å²) in [6.45, 7) is 3.91. The molecule has 1 aromatic rings. The number of alkyl halides is 2. The van der Waals surface area contributed by atoms with Gasteiger partial charge in [0, 0.05) is 14.1 Å². The molecule has 1 aliphatic heterocycles. The Hall–Kier alpha value is -1.40. The zero-order valence-corrected chi connectivity index (χ0v) is 17.2. The maximum Gasteiger partial charge on any atom is 0.398 e. The lowest BCUT2D eigenvalue weighted by molar-refractivity contribution is -0.188. The van der Waals surface area contributed by atoms with E-state index in [4.69, 9.17) is 16.3 Å². The molecule has 1 unspecified atom stereocenters. The molecule has 0 N–H and O–H groups in total. The Morgan fingerprint density at radius 1 is 1.37 bits per heavy atom. The number of carbonyl (C=O) groups is 1. The van der Waals surface area contributed by atoms with Crippen LogP contribution in [0.5, 0.6) is 5.75 Å². The zero-order chi connectivity index (χ0) is 20.2. The molecule has 1 saturated heterocycles. The summed E-state index contributed by atoms with van der Waals surface area (Å²) in [6.07, 6.45) is -0.713. The number of piperidine rings is 1. The Kier molecular flexibility index (Phi) is 7.46. The van der Waals surface area contributed by atoms with E-state index in [-0.39, 0.29) is 34.6 Å². The van der Waals surface area contributed by atoms with Crippen LogP contribution in [0.15, 0.2) is 18.2 Å². The fourth-order valence-electron chi connectivity index (χ4n) is 3.54. The second kappa shape index (κ2) is 9.20. The number of hydrogen-bond acceptors (Lipinski definition) is 3. The molecular weight excluding hydrogens is 374 g/mol. The van der Waals surface area contributed by atoms with Gasteiger partial charge in [0.05, 0.1) is 17.0 Å². The summed E-state index contributed by atoms with van der Waals surface area (Å²) in [5.41, 5.74) is 0.257. The van der Waals surface area contributed by atoms with Crippen LogP contribution in [0, 0.1) is 11.8 Å². The van der Waals surface area contributed by atoms with Gasteiger partial charge in [0.25, 0.3) is 5.91 Å². The topological polar surface area (TPSA) is 32.8 Å². The van der Waals surface area contributed by atoms with Crippen LogP contribution in [0.3, 0.4) is 0 Å². The highest BCUT2D eigenvalue weighted by atomic mass is 35.5. The van der Waals surface area contributed by atoms with E-state index >= 15 is 0 Å². The molecular formula is C20H29ClF2N2O2. The van der Waals surface area contributed by atoms with Crippen LogP contribution in [0.4, 0.5) is 8.78 Å². The van der Waals surface area contributed by atoms with Crippen LogP contribution in [0.1, 0.15) is 43.0 Å². The monoisotopic (exact) mass is 402 g/mol. The third-order valence-electron chi connectivity index (χ3n) is 5.00. The van der Waals surface area contributed by atoms with E-state index in [2.05, 4.69) is 11.9 Å². The Morgan fingerprint density at radius 2 is 2.00 bits per heavy atom. The fourth-order valence-corrected chi connectivity index (χ4v) is 3.79. The Balaban J connectivity index is 1.93. The number of amides is 1. The van der Waals surface area contributed by atoms with Crippen molar-refractivity contribution >= 4 is 17.5 Å². The molecule has 0 spiro atoms. The van der Waals surface area contributed by atoms with Crippen molar-refractivity contribution in [2.45, 2.75) is 38.7 Å². The summed E-state index contributed by atoms with van der Waals surface area (Å²) in [4.78, 5) is 15.6. The van der Waals surface area contributed by atoms with Gasteiger partial charge in [-0.15, -0.1) is 0 Å². The summed E-state index contributed by atoms with van der Waals surface area (Å²) in [6, 6.07) is 4.05. The highest BCUT2D eigenvalue weighted by Gasteiger charge is 2.35. The minimum absolute atomic E-state index is 0.0354. The molecule has 0 saturated carbocycles. The van der Waals surface area contributed by atoms with Crippen molar-refractivity contribution in [2.24, 2.45) is 11.8 Å². The molecule has 1 aliphatic rings. The Labute approximate surface area is 165 Å². The quantitative estimate of drug-likeness (QED) is 0.658. The first kappa shape index (κ1) is 21.9. The lowest BCUT2D eigenvalue weighted by atomic mass is 9.86. The standard InChI is InChI=1S/C20H29ClF2N2O2/c1-14(11-15-7-9-25(4)10-8-15)13-20(22,23)27-16-5-6-17(18(21)12-16)19(26)24(2)3/h5-6,12,14-15H,7-11,13H2,1-4H3. The van der Waals surface area contributed by atoms with Crippen LogP contribution >= 0.6 is 11.6 Å². The SMILES string of the molecule is CC(CC1CCN(C)CC1)CC(F)(F)Oc1ccc(C(=O)N(C)C)c(Cl)c1. The molecule has 1 atom stereocenters. The van der Waals surface area contributed by atoms with Crippen molar-refractivity contribution in [3.63, 3.8) is 0 Å². The van der Waals surface area contributed by atoms with E-state index < -0.39 is 6.11 Å². The Morgan fingerprint density at radius 3 is 2.56 bits per heavy atom. The van der Waals surface area contributed by atoms with Gasteiger partial charge in [0.1, 0.15) is 5.75 Å². The predicted molar refractivity (Wildman–Crippen MR) is 104 cm³/mol. The van der Waals surface area contributed by atoms with Gasteiger partial charge in [0.15, 0.2) is 0 Å². The van der Waals surface area contributed by atoms with Gasteiger partial charge in [-0.2, -0.15) is 8.78 Å². The summed E-state index contributed by atoms with van der Waals surface area (Å²) < 4.78 is 33.6. The smallest absolute Gasteiger partial charge is 0.398 e. The summed E-state index contributed by atoms with van der Waals surface area (Å²) >= 11 is 6.07. The zero-order valence-electron chi connectivity index (χ0n) is 16.5. The fraction of sp³-hybridized carbons (Fsp3) is 0.650. The average Bonchev–Trinajstić information content (AvgIpc) is 2.55. The van der Waals surface area contributed by atoms with Crippen LogP contribution in [-0.2, 0) is 0 Å². The third-order valence-corrected chi connectivity index (χ3v) is 5.32. The molecule has 0 bridgehead atoms. The van der Waals surface area contributed by atoms with E-state index in [1.807, 2.05) is 6.92 Å². The maximum absolute atomic E-state index is 14.3. The minimum atomic E-state index is -3.28. The largest absolute Gasteiger partial charge is 0.433 e. The number of likely N-dealkylation sites (tertiary alicyclic amines) is 1. The van der Waals surface area contributed by atoms with Gasteiger partial charge in [-0.1, -0.05) is 18.5 Å². The van der Waals surface area contributed by atoms with Gasteiger partial charge in [-0.25, -0.2) is 0 Å². The van der Waals surface area contributed by atoms with Crippen LogP contribution < -0.4 is 4.74 Å². The molecule has 1 amide bonds. The van der Waals surface area contributed by atoms with Crippen LogP contribution in [-0.4, -0.2) is 56.0 Å². The number of rotatable bonds is 7. The maximum atomic E-state index is 14.3. The number of carbonyl (C=O) groups excluding carboxylic acids is 1. The summed E-state index contributed by atoms with van der Waals surface area (Å²) in [5.74, 6) is 0.0353. The highest BCUT2D eigenvalue weighted by molar-refractivity contribution is 6.34. The van der Waals surface area contributed by atoms with Crippen molar-refractivity contribution in [1.29, 1.82) is 0 Å². The van der Waals surface area contributed by atoms with Gasteiger partial charge < -0.3 is 14.5 Å². The molecule has 4 nitrogen and oxygen atoms in total. The summed E-state index contributed by atoms with van der Waals surface area (Å²) in [7, 11) is 5.29. The summed E-state index contributed by atoms with van der Waals surface area (Å²) in [5, 5.41) is 0.0985. The molecule has 1 aromatic carbocycles. The van der Waals surface area contributed by atoms with Crippen molar-refractivity contribution in [3.8, 4) is 5.75 Å². The normalized spacial score (nSPS) is 17.6. The van der Waals surface area contributed by atoms with Crippen molar-refractivity contribution in [1.82, 2.24) is 9.80 Å². The van der Waals surface area contributed by atoms with Crippen LogP contribution in [0.2, 0.25) is 5.02 Å². The molecule has 1 heterocycles. The second-order valence-corrected chi connectivity index (χ2v) is 8.28.